The third-order valence-corrected chi connectivity index (χ3v) is 2.49. The van der Waals surface area contributed by atoms with E-state index in [1.54, 1.807) is 18.2 Å². The minimum absolute atomic E-state index is 0.263. The Labute approximate surface area is 113 Å². The maximum atomic E-state index is 11.8. The van der Waals surface area contributed by atoms with Gasteiger partial charge in [-0.3, -0.25) is 4.89 Å². The largest absolute Gasteiger partial charge is 0.493 e. The summed E-state index contributed by atoms with van der Waals surface area (Å²) in [5, 5.41) is 0. The van der Waals surface area contributed by atoms with Crippen molar-refractivity contribution in [3.8, 4) is 11.5 Å². The number of carbonyl (C=O) groups excluding carboxylic acids is 1. The van der Waals surface area contributed by atoms with Crippen LogP contribution >= 0.6 is 0 Å². The summed E-state index contributed by atoms with van der Waals surface area (Å²) in [6, 6.07) is 4.97. The van der Waals surface area contributed by atoms with E-state index >= 15 is 0 Å². The summed E-state index contributed by atoms with van der Waals surface area (Å²) in [5.74, 6) is 0.190. The fourth-order valence-electron chi connectivity index (χ4n) is 1.53. The van der Waals surface area contributed by atoms with Crippen LogP contribution in [-0.2, 0) is 9.78 Å². The zero-order valence-electron chi connectivity index (χ0n) is 11.3. The van der Waals surface area contributed by atoms with Crippen LogP contribution in [0.4, 0.5) is 0 Å². The van der Waals surface area contributed by atoms with Crippen LogP contribution in [0.25, 0.3) is 0 Å². The number of unbranched alkanes of at least 4 members (excludes halogenated alkanes) is 2. The average molecular weight is 267 g/mol. The highest BCUT2D eigenvalue weighted by atomic mass is 17.2. The molecule has 105 valence electrons. The molecule has 0 aromatic heterocycles. The normalized spacial score (nSPS) is 10.1. The molecule has 1 aromatic carbocycles. The minimum Gasteiger partial charge on any atom is -0.493 e. The smallest absolute Gasteiger partial charge is 0.376 e. The van der Waals surface area contributed by atoms with Crippen molar-refractivity contribution in [1.29, 1.82) is 0 Å². The highest BCUT2D eigenvalue weighted by molar-refractivity contribution is 5.93. The number of hydrogen-bond acceptors (Lipinski definition) is 5. The second-order valence-corrected chi connectivity index (χ2v) is 3.79. The fourth-order valence-corrected chi connectivity index (χ4v) is 1.53. The highest BCUT2D eigenvalue weighted by Crippen LogP contribution is 2.31. The average Bonchev–Trinajstić information content (AvgIpc) is 2.45. The molecule has 0 amide bonds. The van der Waals surface area contributed by atoms with Gasteiger partial charge in [0.15, 0.2) is 11.5 Å². The molecule has 1 radical (unpaired) electrons. The van der Waals surface area contributed by atoms with Crippen molar-refractivity contribution in [2.75, 3.05) is 20.8 Å². The molecule has 0 aliphatic rings. The SMILES string of the molecule is [CH2]CCCCOOC(=O)c1cccc(OC)c1OC. The molecule has 19 heavy (non-hydrogen) atoms. The maximum absolute atomic E-state index is 11.8. The van der Waals surface area contributed by atoms with Crippen LogP contribution in [0.1, 0.15) is 29.6 Å². The van der Waals surface area contributed by atoms with E-state index in [2.05, 4.69) is 6.92 Å². The summed E-state index contributed by atoms with van der Waals surface area (Å²) in [7, 11) is 2.96. The van der Waals surface area contributed by atoms with Crippen LogP contribution in [0.15, 0.2) is 18.2 Å². The summed E-state index contributed by atoms with van der Waals surface area (Å²) in [6.45, 7) is 4.07. The molecule has 0 bridgehead atoms. The van der Waals surface area contributed by atoms with Gasteiger partial charge in [0.1, 0.15) is 5.56 Å². The third-order valence-electron chi connectivity index (χ3n) is 2.49. The van der Waals surface area contributed by atoms with Crippen molar-refractivity contribution in [1.82, 2.24) is 0 Å². The van der Waals surface area contributed by atoms with Crippen LogP contribution in [-0.4, -0.2) is 26.8 Å². The first-order valence-electron chi connectivity index (χ1n) is 6.08. The second kappa shape index (κ2) is 8.37. The van der Waals surface area contributed by atoms with Crippen molar-refractivity contribution in [3.63, 3.8) is 0 Å². The van der Waals surface area contributed by atoms with Crippen LogP contribution in [0, 0.1) is 6.92 Å². The second-order valence-electron chi connectivity index (χ2n) is 3.79. The van der Waals surface area contributed by atoms with E-state index in [0.29, 0.717) is 18.1 Å². The van der Waals surface area contributed by atoms with E-state index in [0.717, 1.165) is 19.3 Å². The van der Waals surface area contributed by atoms with Gasteiger partial charge in [0, 0.05) is 0 Å². The number of ether oxygens (including phenoxy) is 2. The Morgan fingerprint density at radius 2 is 2.00 bits per heavy atom. The topological polar surface area (TPSA) is 54.0 Å². The molecule has 0 heterocycles. The summed E-state index contributed by atoms with van der Waals surface area (Å²) in [6.07, 6.45) is 2.56. The minimum atomic E-state index is -0.606. The van der Waals surface area contributed by atoms with Gasteiger partial charge in [-0.15, -0.1) is 0 Å². The van der Waals surface area contributed by atoms with Gasteiger partial charge in [-0.25, -0.2) is 4.79 Å². The van der Waals surface area contributed by atoms with E-state index in [1.165, 1.54) is 14.2 Å². The molecule has 0 aliphatic carbocycles. The Bertz CT molecular complexity index is 403. The summed E-state index contributed by atoms with van der Waals surface area (Å²) in [5.41, 5.74) is 0.263. The van der Waals surface area contributed by atoms with Crippen LogP contribution in [0.3, 0.4) is 0 Å². The van der Waals surface area contributed by atoms with Crippen molar-refractivity contribution in [2.24, 2.45) is 0 Å². The zero-order chi connectivity index (χ0) is 14.1. The number of rotatable bonds is 8. The Kier molecular flexibility index (Phi) is 6.74. The monoisotopic (exact) mass is 267 g/mol. The summed E-state index contributed by atoms with van der Waals surface area (Å²) < 4.78 is 10.2. The van der Waals surface area contributed by atoms with Gasteiger partial charge in [-0.05, 0) is 18.6 Å². The molecule has 0 fully saturated rings. The lowest BCUT2D eigenvalue weighted by Gasteiger charge is -2.11. The van der Waals surface area contributed by atoms with Gasteiger partial charge in [0.25, 0.3) is 0 Å². The van der Waals surface area contributed by atoms with Gasteiger partial charge in [0.2, 0.25) is 0 Å². The van der Waals surface area contributed by atoms with Crippen molar-refractivity contribution < 1.29 is 24.0 Å². The molecule has 1 rings (SSSR count). The highest BCUT2D eigenvalue weighted by Gasteiger charge is 2.18. The van der Waals surface area contributed by atoms with Crippen molar-refractivity contribution >= 4 is 5.97 Å². The predicted molar refractivity (Wildman–Crippen MR) is 70.1 cm³/mol. The van der Waals surface area contributed by atoms with E-state index in [1.807, 2.05) is 0 Å². The maximum Gasteiger partial charge on any atom is 0.376 e. The van der Waals surface area contributed by atoms with Gasteiger partial charge < -0.3 is 9.47 Å². The summed E-state index contributed by atoms with van der Waals surface area (Å²) in [4.78, 5) is 21.4. The molecule has 5 heteroatoms. The first-order chi connectivity index (χ1) is 9.24. The number of hydrogen-bond donors (Lipinski definition) is 0. The van der Waals surface area contributed by atoms with Gasteiger partial charge >= 0.3 is 5.97 Å². The first-order valence-corrected chi connectivity index (χ1v) is 6.08. The van der Waals surface area contributed by atoms with Gasteiger partial charge in [-0.1, -0.05) is 25.8 Å². The molecule has 0 aliphatic heterocycles. The standard InChI is InChI=1S/C14H19O5/c1-4-5-6-10-18-19-14(15)11-8-7-9-12(16-2)13(11)17-3/h7-9H,1,4-6,10H2,2-3H3. The summed E-state index contributed by atoms with van der Waals surface area (Å²) >= 11 is 0. The lowest BCUT2D eigenvalue weighted by Crippen LogP contribution is -2.09. The number of methoxy groups -OCH3 is 2. The molecule has 0 saturated carbocycles. The molecule has 0 saturated heterocycles. The quantitative estimate of drug-likeness (QED) is 0.412. The van der Waals surface area contributed by atoms with Crippen LogP contribution in [0.2, 0.25) is 0 Å². The Balaban J connectivity index is 2.61. The molecule has 0 spiro atoms. The first kappa shape index (κ1) is 15.3. The third kappa shape index (κ3) is 4.44. The van der Waals surface area contributed by atoms with Crippen LogP contribution in [0.5, 0.6) is 11.5 Å². The van der Waals surface area contributed by atoms with E-state index in [4.69, 9.17) is 19.2 Å². The zero-order valence-corrected chi connectivity index (χ0v) is 11.3. The lowest BCUT2D eigenvalue weighted by molar-refractivity contribution is -0.241. The van der Waals surface area contributed by atoms with Crippen molar-refractivity contribution in [3.05, 3.63) is 30.7 Å². The Hall–Kier alpha value is -1.75. The lowest BCUT2D eigenvalue weighted by atomic mass is 10.2. The van der Waals surface area contributed by atoms with Crippen molar-refractivity contribution in [2.45, 2.75) is 19.3 Å². The molecular formula is C14H19O5. The van der Waals surface area contributed by atoms with E-state index in [9.17, 15) is 4.79 Å². The Morgan fingerprint density at radius 1 is 1.21 bits per heavy atom. The molecule has 0 N–H and O–H groups in total. The predicted octanol–water partition coefficient (Wildman–Crippen LogP) is 2.80. The molecule has 0 unspecified atom stereocenters. The van der Waals surface area contributed by atoms with E-state index in [-0.39, 0.29) is 5.56 Å². The van der Waals surface area contributed by atoms with Gasteiger partial charge in [0.05, 0.1) is 20.8 Å². The van der Waals surface area contributed by atoms with Crippen LogP contribution < -0.4 is 9.47 Å². The number of para-hydroxylation sites is 1. The molecule has 1 aromatic rings. The Morgan fingerprint density at radius 3 is 2.63 bits per heavy atom. The number of benzene rings is 1. The fraction of sp³-hybridized carbons (Fsp3) is 0.429. The number of carbonyl (C=O) groups is 1. The molecule has 0 atom stereocenters. The van der Waals surface area contributed by atoms with Gasteiger partial charge in [-0.2, -0.15) is 4.89 Å². The van der Waals surface area contributed by atoms with E-state index < -0.39 is 5.97 Å². The molecule has 5 nitrogen and oxygen atoms in total. The molecular weight excluding hydrogens is 248 g/mol.